The van der Waals surface area contributed by atoms with Gasteiger partial charge in [-0.25, -0.2) is 0 Å². The summed E-state index contributed by atoms with van der Waals surface area (Å²) in [5.41, 5.74) is 1.23. The first-order chi connectivity index (χ1) is 19.1. The number of halogens is 1. The van der Waals surface area contributed by atoms with E-state index in [9.17, 15) is 0 Å². The summed E-state index contributed by atoms with van der Waals surface area (Å²) in [5.74, 6) is 0. The molecule has 0 aromatic heterocycles. The van der Waals surface area contributed by atoms with Gasteiger partial charge in [0.1, 0.15) is 0 Å². The van der Waals surface area contributed by atoms with Crippen molar-refractivity contribution in [1.29, 1.82) is 0 Å². The fraction of sp³-hybridized carbons (Fsp3) is 0.818. The van der Waals surface area contributed by atoms with Gasteiger partial charge in [-0.2, -0.15) is 0 Å². The Morgan fingerprint density at radius 3 is 2.27 bits per heavy atom. The predicted molar refractivity (Wildman–Crippen MR) is 166 cm³/mol. The summed E-state index contributed by atoms with van der Waals surface area (Å²) in [5, 5.41) is 0.189. The summed E-state index contributed by atoms with van der Waals surface area (Å²) in [4.78, 5) is 0. The molecule has 0 radical (unpaired) electrons. The molecule has 3 rings (SSSR count). The Balaban J connectivity index is 1.55. The Hall–Kier alpha value is 0.502. The zero-order valence-corrected chi connectivity index (χ0v) is 33.7. The molecule has 0 bridgehead atoms. The molecule has 0 unspecified atom stereocenters. The fourth-order valence-corrected chi connectivity index (χ4v) is 12.0. The first-order valence-corrected chi connectivity index (χ1v) is 29.9. The average Bonchev–Trinajstić information content (AvgIpc) is 3.55. The molecular weight excluding hydrogens is 724 g/mol. The number of unbranched alkanes of at least 4 members (excludes halogenated alkanes) is 7. The Labute approximate surface area is 263 Å². The molecule has 1 aromatic rings. The second-order valence-electron chi connectivity index (χ2n) is 13.7. The van der Waals surface area contributed by atoms with Crippen LogP contribution in [-0.2, 0) is 48.6 Å². The molecule has 40 heavy (non-hydrogen) atoms. The van der Waals surface area contributed by atoms with Crippen molar-refractivity contribution >= 4 is 16.6 Å². The summed E-state index contributed by atoms with van der Waals surface area (Å²) in [7, 11) is 4.54. The Bertz CT molecular complexity index is 820. The molecule has 2 aliphatic heterocycles. The van der Waals surface area contributed by atoms with Crippen molar-refractivity contribution < 1.29 is 42.0 Å². The van der Waals surface area contributed by atoms with Gasteiger partial charge in [0, 0.05) is 0 Å². The van der Waals surface area contributed by atoms with Gasteiger partial charge in [-0.15, -0.1) is 0 Å². The molecule has 4 nitrogen and oxygen atoms in total. The van der Waals surface area contributed by atoms with Crippen LogP contribution in [0.1, 0.15) is 110 Å². The third kappa shape index (κ3) is 11.2. The van der Waals surface area contributed by atoms with E-state index in [1.807, 2.05) is 0 Å². The number of rotatable bonds is 18. The molecule has 226 valence electrons. The summed E-state index contributed by atoms with van der Waals surface area (Å²) >= 11 is -1.37. The molecule has 2 saturated heterocycles. The zero-order valence-electron chi connectivity index (χ0n) is 26.5. The molecule has 0 saturated carbocycles. The molecule has 6 atom stereocenters. The van der Waals surface area contributed by atoms with Crippen molar-refractivity contribution in [3.8, 4) is 0 Å². The molecule has 0 amide bonds. The molecule has 7 heteroatoms. The van der Waals surface area contributed by atoms with Crippen LogP contribution < -0.4 is 0 Å². The van der Waals surface area contributed by atoms with Crippen molar-refractivity contribution in [2.45, 2.75) is 170 Å². The van der Waals surface area contributed by atoms with Gasteiger partial charge in [-0.3, -0.25) is 0 Å². The topological polar surface area (TPSA) is 36.9 Å². The third-order valence-corrected chi connectivity index (χ3v) is 18.9. The summed E-state index contributed by atoms with van der Waals surface area (Å²) in [6.07, 6.45) is 15.6. The number of hydrogen-bond acceptors (Lipinski definition) is 4. The Morgan fingerprint density at radius 1 is 0.950 bits per heavy atom. The maximum absolute atomic E-state index is 6.90. The minimum absolute atomic E-state index is 0.110. The van der Waals surface area contributed by atoms with E-state index in [2.05, 4.69) is 71.1 Å². The van der Waals surface area contributed by atoms with Crippen molar-refractivity contribution in [3.63, 3.8) is 0 Å². The van der Waals surface area contributed by atoms with Gasteiger partial charge in [0.25, 0.3) is 0 Å². The Kier molecular flexibility index (Phi) is 15.5. The molecule has 1 aromatic carbocycles. The van der Waals surface area contributed by atoms with Crippen LogP contribution >= 0.6 is 8.25 Å². The van der Waals surface area contributed by atoms with E-state index >= 15 is 0 Å². The molecule has 2 fully saturated rings. The standard InChI is InChI=1S/C33H57O4Si.ClH.Hg/c1-8-9-10-11-12-13-14-18-21-28(34-25-27-19-16-15-17-20-27)29-22-23-30(36-29)32-24-31(26(2)35-32)37-38(6,7)33(3,4)5;;/h15-17,19-20,26,28-32H,2,8-14,18,21-25H2,1,3-7H3;1H;/q;;+1/p-1/t26-,28+,29+,30+,31+,32+;;/m0../s1. The van der Waals surface area contributed by atoms with E-state index in [1.165, 1.54) is 56.9 Å². The molecular formula is C33H57ClHgO4Si. The van der Waals surface area contributed by atoms with Crippen molar-refractivity contribution in [3.05, 3.63) is 35.9 Å². The van der Waals surface area contributed by atoms with Crippen LogP contribution in [0.2, 0.25) is 22.1 Å². The molecule has 0 N–H and O–H groups in total. The monoisotopic (exact) mass is 782 g/mol. The summed E-state index contributed by atoms with van der Waals surface area (Å²) in [6, 6.07) is 10.6. The Morgan fingerprint density at radius 2 is 1.62 bits per heavy atom. The van der Waals surface area contributed by atoms with Gasteiger partial charge in [-0.1, -0.05) is 57.2 Å². The first-order valence-electron chi connectivity index (χ1n) is 16.3. The van der Waals surface area contributed by atoms with E-state index < -0.39 is 31.7 Å². The van der Waals surface area contributed by atoms with Crippen molar-refractivity contribution in [2.75, 3.05) is 0 Å². The second-order valence-corrected chi connectivity index (χ2v) is 25.5. The van der Waals surface area contributed by atoms with Crippen molar-refractivity contribution in [1.82, 2.24) is 0 Å². The normalized spacial score (nSPS) is 26.2. The van der Waals surface area contributed by atoms with E-state index in [-0.39, 0.29) is 41.7 Å². The van der Waals surface area contributed by atoms with E-state index in [0.717, 1.165) is 29.6 Å². The van der Waals surface area contributed by atoms with Crippen LogP contribution in [0.3, 0.4) is 0 Å². The van der Waals surface area contributed by atoms with Crippen LogP contribution in [0, 0.1) is 0 Å². The second kappa shape index (κ2) is 17.7. The molecule has 0 aliphatic carbocycles. The van der Waals surface area contributed by atoms with Gasteiger partial charge in [0.15, 0.2) is 0 Å². The quantitative estimate of drug-likeness (QED) is 0.110. The van der Waals surface area contributed by atoms with Crippen LogP contribution in [0.15, 0.2) is 30.3 Å². The van der Waals surface area contributed by atoms with Crippen LogP contribution in [0.4, 0.5) is 0 Å². The predicted octanol–water partition coefficient (Wildman–Crippen LogP) is 9.85. The van der Waals surface area contributed by atoms with Gasteiger partial charge in [0.05, 0.1) is 0 Å². The fourth-order valence-electron chi connectivity index (χ4n) is 5.90. The summed E-state index contributed by atoms with van der Waals surface area (Å²) < 4.78 is 28.0. The number of benzene rings is 1. The SMILES string of the molecule is CCCCCCCCCC[C@@H](OCc1ccccc1)[C@H]1CC[C@H]([C@H]2C[C@@H](O[Si](C)(C)C(C)(C)C)[C@H]([CH2][Hg][Cl])O2)O1. The van der Waals surface area contributed by atoms with Gasteiger partial charge < -0.3 is 0 Å². The van der Waals surface area contributed by atoms with E-state index in [0.29, 0.717) is 6.61 Å². The third-order valence-electron chi connectivity index (χ3n) is 9.44. The summed E-state index contributed by atoms with van der Waals surface area (Å²) in [6.45, 7) is 14.6. The number of ether oxygens (including phenoxy) is 3. The van der Waals surface area contributed by atoms with E-state index in [4.69, 9.17) is 26.9 Å². The minimum atomic E-state index is -1.88. The van der Waals surface area contributed by atoms with Crippen LogP contribution in [-0.4, -0.2) is 44.9 Å². The number of hydrogen-bond donors (Lipinski definition) is 0. The molecule has 2 heterocycles. The maximum atomic E-state index is 6.90. The molecule has 2 aliphatic rings. The van der Waals surface area contributed by atoms with Gasteiger partial charge in [-0.05, 0) is 0 Å². The van der Waals surface area contributed by atoms with Crippen LogP contribution in [0.25, 0.3) is 0 Å². The first kappa shape index (κ1) is 35.0. The van der Waals surface area contributed by atoms with E-state index in [1.54, 1.807) is 0 Å². The van der Waals surface area contributed by atoms with Crippen LogP contribution in [0.5, 0.6) is 0 Å². The average molecular weight is 782 g/mol. The molecule has 0 spiro atoms. The van der Waals surface area contributed by atoms with Crippen molar-refractivity contribution in [2.24, 2.45) is 0 Å². The van der Waals surface area contributed by atoms with Gasteiger partial charge >= 0.3 is 207 Å². The van der Waals surface area contributed by atoms with Gasteiger partial charge in [0.2, 0.25) is 0 Å². The zero-order chi connectivity index (χ0) is 29.0.